The van der Waals surface area contributed by atoms with Crippen molar-refractivity contribution in [3.8, 4) is 11.1 Å². The molecule has 0 bridgehead atoms. The van der Waals surface area contributed by atoms with Crippen LogP contribution in [0.2, 0.25) is 0 Å². The first-order valence-electron chi connectivity index (χ1n) is 11.2. The third-order valence-electron chi connectivity index (χ3n) is 6.22. The van der Waals surface area contributed by atoms with E-state index in [-0.39, 0.29) is 19.1 Å². The number of aliphatic carboxylic acids is 1. The van der Waals surface area contributed by atoms with Gasteiger partial charge < -0.3 is 25.2 Å². The molecule has 8 nitrogen and oxygen atoms in total. The van der Waals surface area contributed by atoms with Crippen LogP contribution < -0.4 is 10.6 Å². The Morgan fingerprint density at radius 2 is 1.76 bits per heavy atom. The van der Waals surface area contributed by atoms with Crippen molar-refractivity contribution in [3.63, 3.8) is 0 Å². The Labute approximate surface area is 202 Å². The molecule has 180 valence electrons. The molecule has 0 aromatic heterocycles. The van der Waals surface area contributed by atoms with Gasteiger partial charge in [0.15, 0.2) is 6.10 Å². The summed E-state index contributed by atoms with van der Waals surface area (Å²) in [5.41, 5.74) is 4.51. The Morgan fingerprint density at radius 3 is 2.38 bits per heavy atom. The summed E-state index contributed by atoms with van der Waals surface area (Å²) in [6, 6.07) is 14.6. The second-order valence-corrected chi connectivity index (χ2v) is 9.32. The lowest BCUT2D eigenvalue weighted by molar-refractivity contribution is -0.143. The number of hydrogen-bond donors (Lipinski definition) is 3. The molecule has 3 N–H and O–H groups in total. The number of amides is 2. The van der Waals surface area contributed by atoms with Crippen LogP contribution >= 0.6 is 11.8 Å². The van der Waals surface area contributed by atoms with Crippen LogP contribution in [-0.2, 0) is 19.1 Å². The van der Waals surface area contributed by atoms with Gasteiger partial charge in [0.1, 0.15) is 12.6 Å². The van der Waals surface area contributed by atoms with Gasteiger partial charge in [0.2, 0.25) is 0 Å². The molecule has 2 aromatic carbocycles. The summed E-state index contributed by atoms with van der Waals surface area (Å²) in [7, 11) is 0. The number of fused-ring (bicyclic) bond motifs is 3. The van der Waals surface area contributed by atoms with Gasteiger partial charge in [0.25, 0.3) is 5.91 Å². The average Bonchev–Trinajstić information content (AvgIpc) is 3.42. The molecule has 1 aliphatic heterocycles. The molecule has 9 heteroatoms. The Hall–Kier alpha value is -3.04. The van der Waals surface area contributed by atoms with Crippen molar-refractivity contribution in [1.82, 2.24) is 10.6 Å². The fourth-order valence-electron chi connectivity index (χ4n) is 4.53. The van der Waals surface area contributed by atoms with Gasteiger partial charge >= 0.3 is 12.1 Å². The maximum Gasteiger partial charge on any atom is 0.407 e. The highest BCUT2D eigenvalue weighted by molar-refractivity contribution is 7.98. The molecule has 1 fully saturated rings. The van der Waals surface area contributed by atoms with Gasteiger partial charge in [-0.3, -0.25) is 4.79 Å². The number of carboxylic acid groups (broad SMARTS) is 1. The van der Waals surface area contributed by atoms with E-state index in [0.29, 0.717) is 18.6 Å². The highest BCUT2D eigenvalue weighted by Gasteiger charge is 2.37. The first-order valence-corrected chi connectivity index (χ1v) is 12.6. The minimum atomic E-state index is -1.10. The first-order chi connectivity index (χ1) is 16.5. The molecule has 34 heavy (non-hydrogen) atoms. The Bertz CT molecular complexity index is 1020. The number of alkyl carbamates (subject to hydrolysis) is 1. The first kappa shape index (κ1) is 24.1. The van der Waals surface area contributed by atoms with Crippen molar-refractivity contribution >= 4 is 29.7 Å². The van der Waals surface area contributed by atoms with E-state index in [0.717, 1.165) is 22.3 Å². The fourth-order valence-corrected chi connectivity index (χ4v) is 5.01. The van der Waals surface area contributed by atoms with Crippen molar-refractivity contribution in [2.45, 2.75) is 36.9 Å². The molecule has 1 saturated heterocycles. The number of carbonyl (C=O) groups excluding carboxylic acids is 2. The molecule has 2 aromatic rings. The van der Waals surface area contributed by atoms with Crippen molar-refractivity contribution in [1.29, 1.82) is 0 Å². The highest BCUT2D eigenvalue weighted by atomic mass is 32.2. The van der Waals surface area contributed by atoms with Crippen LogP contribution in [0.4, 0.5) is 4.79 Å². The number of carboxylic acids is 1. The Morgan fingerprint density at radius 1 is 1.12 bits per heavy atom. The molecule has 0 spiro atoms. The van der Waals surface area contributed by atoms with Crippen molar-refractivity contribution < 1.29 is 29.0 Å². The molecule has 3 unspecified atom stereocenters. The van der Waals surface area contributed by atoms with Crippen LogP contribution in [0.1, 0.15) is 29.9 Å². The highest BCUT2D eigenvalue weighted by Crippen LogP contribution is 2.44. The van der Waals surface area contributed by atoms with E-state index in [1.165, 1.54) is 11.8 Å². The second kappa shape index (κ2) is 10.9. The lowest BCUT2D eigenvalue weighted by Crippen LogP contribution is -2.52. The summed E-state index contributed by atoms with van der Waals surface area (Å²) < 4.78 is 11.1. The SMILES string of the molecule is CSCCC(NC(=O)C1OCCC1NC(=O)OCC1c2ccccc2-c2ccccc21)C(=O)O. The summed E-state index contributed by atoms with van der Waals surface area (Å²) in [6.07, 6.45) is 1.02. The van der Waals surface area contributed by atoms with Gasteiger partial charge in [-0.25, -0.2) is 9.59 Å². The van der Waals surface area contributed by atoms with Crippen molar-refractivity contribution in [2.75, 3.05) is 25.2 Å². The minimum Gasteiger partial charge on any atom is -0.480 e. The normalized spacial score (nSPS) is 19.7. The molecule has 2 amide bonds. The second-order valence-electron chi connectivity index (χ2n) is 8.34. The number of rotatable bonds is 9. The monoisotopic (exact) mass is 484 g/mol. The molecule has 3 atom stereocenters. The zero-order valence-corrected chi connectivity index (χ0v) is 19.7. The molecule has 0 radical (unpaired) electrons. The zero-order chi connectivity index (χ0) is 24.1. The molecule has 4 rings (SSSR count). The predicted octanol–water partition coefficient (Wildman–Crippen LogP) is 3.01. The van der Waals surface area contributed by atoms with E-state index in [1.807, 2.05) is 42.7 Å². The van der Waals surface area contributed by atoms with Gasteiger partial charge in [0, 0.05) is 12.5 Å². The number of benzene rings is 2. The largest absolute Gasteiger partial charge is 0.480 e. The van der Waals surface area contributed by atoms with Gasteiger partial charge in [-0.1, -0.05) is 48.5 Å². The van der Waals surface area contributed by atoms with E-state index in [2.05, 4.69) is 22.8 Å². The summed E-state index contributed by atoms with van der Waals surface area (Å²) in [4.78, 5) is 36.7. The van der Waals surface area contributed by atoms with E-state index in [9.17, 15) is 19.5 Å². The molecule has 1 aliphatic carbocycles. The third kappa shape index (κ3) is 5.20. The minimum absolute atomic E-state index is 0.0650. The van der Waals surface area contributed by atoms with Crippen LogP contribution in [0.15, 0.2) is 48.5 Å². The smallest absolute Gasteiger partial charge is 0.407 e. The molecule has 0 saturated carbocycles. The predicted molar refractivity (Wildman–Crippen MR) is 129 cm³/mol. The number of nitrogens with one attached hydrogen (secondary N) is 2. The molecule has 2 aliphatic rings. The van der Waals surface area contributed by atoms with Gasteiger partial charge in [0.05, 0.1) is 6.04 Å². The zero-order valence-electron chi connectivity index (χ0n) is 18.9. The van der Waals surface area contributed by atoms with Gasteiger partial charge in [-0.2, -0.15) is 11.8 Å². The summed E-state index contributed by atoms with van der Waals surface area (Å²) >= 11 is 1.50. The van der Waals surface area contributed by atoms with Crippen molar-refractivity contribution in [3.05, 3.63) is 59.7 Å². The van der Waals surface area contributed by atoms with Crippen LogP contribution in [0.3, 0.4) is 0 Å². The van der Waals surface area contributed by atoms with Gasteiger partial charge in [-0.05, 0) is 47.1 Å². The number of thioether (sulfide) groups is 1. The third-order valence-corrected chi connectivity index (χ3v) is 6.87. The lowest BCUT2D eigenvalue weighted by atomic mass is 9.98. The van der Waals surface area contributed by atoms with E-state index in [4.69, 9.17) is 9.47 Å². The topological polar surface area (TPSA) is 114 Å². The lowest BCUT2D eigenvalue weighted by Gasteiger charge is -2.22. The quantitative estimate of drug-likeness (QED) is 0.501. The van der Waals surface area contributed by atoms with Crippen LogP contribution in [0.5, 0.6) is 0 Å². The van der Waals surface area contributed by atoms with E-state index >= 15 is 0 Å². The van der Waals surface area contributed by atoms with Crippen LogP contribution in [0.25, 0.3) is 11.1 Å². The number of ether oxygens (including phenoxy) is 2. The van der Waals surface area contributed by atoms with Crippen molar-refractivity contribution in [2.24, 2.45) is 0 Å². The van der Waals surface area contributed by atoms with Gasteiger partial charge in [-0.15, -0.1) is 0 Å². The van der Waals surface area contributed by atoms with E-state index < -0.39 is 36.2 Å². The maximum absolute atomic E-state index is 12.7. The summed E-state index contributed by atoms with van der Waals surface area (Å²) in [5, 5.41) is 14.6. The standard InChI is InChI=1S/C25H28N2O6S/c1-34-13-11-21(24(29)30)26-23(28)22-20(10-12-32-22)27-25(31)33-14-19-17-8-4-2-6-15(17)16-7-3-5-9-18(16)19/h2-9,19-22H,10-14H2,1H3,(H,26,28)(H,27,31)(H,29,30). The number of carbonyl (C=O) groups is 3. The molecular weight excluding hydrogens is 456 g/mol. The van der Waals surface area contributed by atoms with E-state index in [1.54, 1.807) is 0 Å². The summed E-state index contributed by atoms with van der Waals surface area (Å²) in [5.74, 6) is -1.11. The average molecular weight is 485 g/mol. The van der Waals surface area contributed by atoms with Crippen LogP contribution in [0, 0.1) is 0 Å². The maximum atomic E-state index is 12.7. The number of hydrogen-bond acceptors (Lipinski definition) is 6. The molecule has 1 heterocycles. The Kier molecular flexibility index (Phi) is 7.74. The Balaban J connectivity index is 1.35. The van der Waals surface area contributed by atoms with Crippen LogP contribution in [-0.4, -0.2) is 66.5 Å². The summed E-state index contributed by atoms with van der Waals surface area (Å²) in [6.45, 7) is 0.453. The molecular formula is C25H28N2O6S. The fraction of sp³-hybridized carbons (Fsp3) is 0.400.